The minimum absolute atomic E-state index is 0.0503. The lowest BCUT2D eigenvalue weighted by molar-refractivity contribution is 0.0323. The Morgan fingerprint density at radius 1 is 1.30 bits per heavy atom. The smallest absolute Gasteiger partial charge is 0.292 e. The Bertz CT molecular complexity index is 523. The summed E-state index contributed by atoms with van der Waals surface area (Å²) in [5, 5.41) is 14.1. The molecule has 0 spiro atoms. The number of rotatable bonds is 3. The molecule has 3 fully saturated rings. The second kappa shape index (κ2) is 4.32. The van der Waals surface area contributed by atoms with Gasteiger partial charge in [-0.2, -0.15) is 0 Å². The summed E-state index contributed by atoms with van der Waals surface area (Å²) in [6.45, 7) is 1.43. The zero-order valence-electron chi connectivity index (χ0n) is 11.5. The quantitative estimate of drug-likeness (QED) is 0.916. The Balaban J connectivity index is 1.39. The topological polar surface area (TPSA) is 66.6 Å². The molecule has 1 aromatic heterocycles. The van der Waals surface area contributed by atoms with Crippen LogP contribution in [0.3, 0.4) is 0 Å². The van der Waals surface area contributed by atoms with Gasteiger partial charge < -0.3 is 14.5 Å². The van der Waals surface area contributed by atoms with E-state index in [-0.39, 0.29) is 5.91 Å². The number of hydrogen-bond donors (Lipinski definition) is 1. The Morgan fingerprint density at radius 3 is 2.60 bits per heavy atom. The van der Waals surface area contributed by atoms with Gasteiger partial charge in [0.2, 0.25) is 5.76 Å². The van der Waals surface area contributed by atoms with E-state index in [0.717, 1.165) is 44.2 Å². The van der Waals surface area contributed by atoms with Crippen LogP contribution in [-0.2, 0) is 0 Å². The molecule has 0 bridgehead atoms. The normalized spacial score (nSPS) is 25.8. The van der Waals surface area contributed by atoms with Crippen LogP contribution in [0.15, 0.2) is 10.6 Å². The van der Waals surface area contributed by atoms with Crippen molar-refractivity contribution in [3.63, 3.8) is 0 Å². The van der Waals surface area contributed by atoms with Crippen LogP contribution in [0, 0.1) is 5.92 Å². The molecule has 20 heavy (non-hydrogen) atoms. The van der Waals surface area contributed by atoms with Crippen molar-refractivity contribution >= 4 is 5.91 Å². The molecule has 1 aliphatic heterocycles. The number of likely N-dealkylation sites (tertiary alicyclic amines) is 1. The van der Waals surface area contributed by atoms with E-state index in [1.165, 1.54) is 0 Å². The highest BCUT2D eigenvalue weighted by Gasteiger charge is 2.48. The van der Waals surface area contributed by atoms with E-state index in [1.807, 2.05) is 4.90 Å². The van der Waals surface area contributed by atoms with Gasteiger partial charge in [-0.05, 0) is 44.4 Å². The van der Waals surface area contributed by atoms with Crippen molar-refractivity contribution in [3.05, 3.63) is 17.5 Å². The van der Waals surface area contributed by atoms with Crippen LogP contribution < -0.4 is 0 Å². The zero-order chi connectivity index (χ0) is 13.7. The second-order valence-electron chi connectivity index (χ2n) is 6.56. The Labute approximate surface area is 117 Å². The number of nitrogens with zero attached hydrogens (tertiary/aromatic N) is 2. The lowest BCUT2D eigenvalue weighted by Crippen LogP contribution is -2.41. The fourth-order valence-electron chi connectivity index (χ4n) is 3.27. The number of carbonyl (C=O) groups excluding carboxylic acids is 1. The lowest BCUT2D eigenvalue weighted by atomic mass is 9.89. The van der Waals surface area contributed by atoms with Crippen LogP contribution in [0.4, 0.5) is 0 Å². The van der Waals surface area contributed by atoms with Gasteiger partial charge in [-0.3, -0.25) is 4.79 Å². The van der Waals surface area contributed by atoms with Gasteiger partial charge in [-0.1, -0.05) is 5.16 Å². The van der Waals surface area contributed by atoms with Crippen molar-refractivity contribution < 1.29 is 14.4 Å². The number of amides is 1. The van der Waals surface area contributed by atoms with Gasteiger partial charge in [0.15, 0.2) is 0 Å². The summed E-state index contributed by atoms with van der Waals surface area (Å²) in [4.78, 5) is 14.2. The molecule has 2 saturated carbocycles. The lowest BCUT2D eigenvalue weighted by Gasteiger charge is -2.33. The molecule has 4 rings (SSSR count). The summed E-state index contributed by atoms with van der Waals surface area (Å²) >= 11 is 0. The van der Waals surface area contributed by atoms with Gasteiger partial charge in [-0.25, -0.2) is 0 Å². The molecule has 2 heterocycles. The molecule has 3 aliphatic rings. The number of hydrogen-bond acceptors (Lipinski definition) is 4. The monoisotopic (exact) mass is 276 g/mol. The Hall–Kier alpha value is -1.36. The molecule has 5 nitrogen and oxygen atoms in total. The van der Waals surface area contributed by atoms with Crippen molar-refractivity contribution in [2.24, 2.45) is 5.92 Å². The van der Waals surface area contributed by atoms with Crippen molar-refractivity contribution in [1.82, 2.24) is 10.1 Å². The van der Waals surface area contributed by atoms with Gasteiger partial charge in [0.1, 0.15) is 0 Å². The molecule has 108 valence electrons. The maximum atomic E-state index is 12.4. The van der Waals surface area contributed by atoms with Crippen LogP contribution in [0.1, 0.15) is 60.7 Å². The largest absolute Gasteiger partial charge is 0.390 e. The second-order valence-corrected chi connectivity index (χ2v) is 6.56. The van der Waals surface area contributed by atoms with Crippen LogP contribution in [0.2, 0.25) is 0 Å². The number of aromatic nitrogens is 1. The molecule has 1 aromatic rings. The first kappa shape index (κ1) is 12.4. The van der Waals surface area contributed by atoms with Crippen molar-refractivity contribution in [2.45, 2.75) is 50.0 Å². The molecule has 2 aliphatic carbocycles. The standard InChI is InChI=1S/C15H20N2O3/c18-14(13-9-12(16-20-13)10-1-2-10)17-7-3-11(4-8-17)15(19)5-6-15/h9-11,19H,1-8H2. The zero-order valence-corrected chi connectivity index (χ0v) is 11.5. The van der Waals surface area contributed by atoms with E-state index in [1.54, 1.807) is 6.07 Å². The summed E-state index contributed by atoms with van der Waals surface area (Å²) in [5.41, 5.74) is 0.510. The van der Waals surface area contributed by atoms with Crippen molar-refractivity contribution in [1.29, 1.82) is 0 Å². The molecule has 1 saturated heterocycles. The maximum absolute atomic E-state index is 12.4. The third kappa shape index (κ3) is 2.14. The van der Waals surface area contributed by atoms with Crippen molar-refractivity contribution in [2.75, 3.05) is 13.1 Å². The minimum atomic E-state index is -0.416. The van der Waals surface area contributed by atoms with Gasteiger partial charge in [0.25, 0.3) is 5.91 Å². The molecule has 0 radical (unpaired) electrons. The third-order valence-corrected chi connectivity index (χ3v) is 5.04. The van der Waals surface area contributed by atoms with Gasteiger partial charge >= 0.3 is 0 Å². The van der Waals surface area contributed by atoms with E-state index in [2.05, 4.69) is 5.16 Å². The van der Waals surface area contributed by atoms with E-state index < -0.39 is 5.60 Å². The predicted octanol–water partition coefficient (Wildman–Crippen LogP) is 1.93. The summed E-state index contributed by atoms with van der Waals surface area (Å²) in [5.74, 6) is 1.19. The van der Waals surface area contributed by atoms with Gasteiger partial charge in [0.05, 0.1) is 11.3 Å². The predicted molar refractivity (Wildman–Crippen MR) is 71.3 cm³/mol. The fourth-order valence-corrected chi connectivity index (χ4v) is 3.27. The molecular formula is C15H20N2O3. The number of aliphatic hydroxyl groups is 1. The molecule has 1 amide bonds. The summed E-state index contributed by atoms with van der Waals surface area (Å²) in [6, 6.07) is 1.81. The highest BCUT2D eigenvalue weighted by Crippen LogP contribution is 2.46. The average molecular weight is 276 g/mol. The van der Waals surface area contributed by atoms with E-state index in [0.29, 0.717) is 30.7 Å². The average Bonchev–Trinajstić information content (AvgIpc) is 3.40. The van der Waals surface area contributed by atoms with E-state index in [9.17, 15) is 9.90 Å². The molecule has 5 heteroatoms. The van der Waals surface area contributed by atoms with Crippen molar-refractivity contribution in [3.8, 4) is 0 Å². The highest BCUT2D eigenvalue weighted by atomic mass is 16.5. The molecular weight excluding hydrogens is 256 g/mol. The SMILES string of the molecule is O=C(c1cc(C2CC2)no1)N1CCC(C2(O)CC2)CC1. The van der Waals surface area contributed by atoms with E-state index >= 15 is 0 Å². The summed E-state index contributed by atoms with van der Waals surface area (Å²) in [7, 11) is 0. The van der Waals surface area contributed by atoms with Crippen LogP contribution >= 0.6 is 0 Å². The van der Waals surface area contributed by atoms with Crippen LogP contribution in [-0.4, -0.2) is 39.8 Å². The maximum Gasteiger partial charge on any atom is 0.292 e. The first-order chi connectivity index (χ1) is 9.66. The molecule has 1 N–H and O–H groups in total. The fraction of sp³-hybridized carbons (Fsp3) is 0.733. The van der Waals surface area contributed by atoms with Gasteiger partial charge in [0, 0.05) is 25.1 Å². The summed E-state index contributed by atoms with van der Waals surface area (Å²) in [6.07, 6.45) is 5.96. The Morgan fingerprint density at radius 2 is 2.00 bits per heavy atom. The molecule has 0 unspecified atom stereocenters. The minimum Gasteiger partial charge on any atom is -0.390 e. The third-order valence-electron chi connectivity index (χ3n) is 5.04. The number of piperidine rings is 1. The van der Waals surface area contributed by atoms with E-state index in [4.69, 9.17) is 4.52 Å². The first-order valence-corrected chi connectivity index (χ1v) is 7.64. The molecule has 0 aromatic carbocycles. The Kier molecular flexibility index (Phi) is 2.67. The molecule has 0 atom stereocenters. The highest BCUT2D eigenvalue weighted by molar-refractivity contribution is 5.91. The summed E-state index contributed by atoms with van der Waals surface area (Å²) < 4.78 is 5.20. The first-order valence-electron chi connectivity index (χ1n) is 7.64. The van der Waals surface area contributed by atoms with Crippen LogP contribution in [0.25, 0.3) is 0 Å². The van der Waals surface area contributed by atoms with Crippen LogP contribution in [0.5, 0.6) is 0 Å². The van der Waals surface area contributed by atoms with Gasteiger partial charge in [-0.15, -0.1) is 0 Å². The number of carbonyl (C=O) groups is 1.